The first-order valence-electron chi connectivity index (χ1n) is 8.54. The zero-order valence-corrected chi connectivity index (χ0v) is 15.8. The van der Waals surface area contributed by atoms with Crippen molar-refractivity contribution < 1.29 is 13.2 Å². The number of nitrogens with zero attached hydrogens (tertiary/aromatic N) is 3. The van der Waals surface area contributed by atoms with Crippen LogP contribution in [0.4, 0.5) is 0 Å². The number of methoxy groups -OCH3 is 1. The lowest BCUT2D eigenvalue weighted by Gasteiger charge is -2.31. The topological polar surface area (TPSA) is 64.4 Å². The van der Waals surface area contributed by atoms with E-state index in [2.05, 4.69) is 9.55 Å². The highest BCUT2D eigenvalue weighted by molar-refractivity contribution is 7.89. The Balaban J connectivity index is 1.72. The summed E-state index contributed by atoms with van der Waals surface area (Å²) in [6, 6.07) is 5.27. The molecule has 136 valence electrons. The number of piperidine rings is 1. The van der Waals surface area contributed by atoms with Crippen LogP contribution in [0.2, 0.25) is 0 Å². The molecular weight excluding hydrogens is 338 g/mol. The van der Waals surface area contributed by atoms with E-state index in [0.29, 0.717) is 24.8 Å². The lowest BCUT2D eigenvalue weighted by molar-refractivity contribution is 0.251. The Kier molecular flexibility index (Phi) is 5.15. The lowest BCUT2D eigenvalue weighted by Crippen LogP contribution is -2.39. The van der Waals surface area contributed by atoms with Crippen molar-refractivity contribution in [2.45, 2.75) is 38.1 Å². The third-order valence-corrected chi connectivity index (χ3v) is 6.81. The first-order valence-corrected chi connectivity index (χ1v) is 9.98. The molecule has 1 aromatic heterocycles. The average Bonchev–Trinajstić information content (AvgIpc) is 3.00. The minimum atomic E-state index is -3.53. The smallest absolute Gasteiger partial charge is 0.246 e. The van der Waals surface area contributed by atoms with Gasteiger partial charge in [-0.2, -0.15) is 4.31 Å². The molecule has 0 radical (unpaired) electrons. The van der Waals surface area contributed by atoms with E-state index in [1.54, 1.807) is 22.6 Å². The van der Waals surface area contributed by atoms with Crippen molar-refractivity contribution in [1.82, 2.24) is 13.9 Å². The molecule has 1 aromatic carbocycles. The van der Waals surface area contributed by atoms with Crippen LogP contribution in [0.1, 0.15) is 24.2 Å². The van der Waals surface area contributed by atoms with Gasteiger partial charge in [0.05, 0.1) is 7.11 Å². The van der Waals surface area contributed by atoms with Crippen LogP contribution in [0.3, 0.4) is 0 Å². The molecule has 25 heavy (non-hydrogen) atoms. The van der Waals surface area contributed by atoms with Gasteiger partial charge in [-0.15, -0.1) is 0 Å². The minimum absolute atomic E-state index is 0.263. The third kappa shape index (κ3) is 3.72. The average molecular weight is 363 g/mol. The molecule has 1 saturated heterocycles. The zero-order chi connectivity index (χ0) is 18.0. The Morgan fingerprint density at radius 3 is 2.56 bits per heavy atom. The fourth-order valence-corrected chi connectivity index (χ4v) is 5.04. The quantitative estimate of drug-likeness (QED) is 0.819. The van der Waals surface area contributed by atoms with Gasteiger partial charge >= 0.3 is 0 Å². The first kappa shape index (κ1) is 17.9. The van der Waals surface area contributed by atoms with Crippen LogP contribution >= 0.6 is 0 Å². The molecule has 0 N–H and O–H groups in total. The van der Waals surface area contributed by atoms with E-state index in [4.69, 9.17) is 4.74 Å². The van der Waals surface area contributed by atoms with Gasteiger partial charge < -0.3 is 9.30 Å². The van der Waals surface area contributed by atoms with Crippen LogP contribution in [0.5, 0.6) is 5.75 Å². The number of benzene rings is 1. The summed E-state index contributed by atoms with van der Waals surface area (Å²) in [7, 11) is -2.03. The molecule has 6 nitrogen and oxygen atoms in total. The van der Waals surface area contributed by atoms with Crippen molar-refractivity contribution in [1.29, 1.82) is 0 Å². The molecule has 1 aliphatic rings. The molecule has 0 aliphatic carbocycles. The summed E-state index contributed by atoms with van der Waals surface area (Å²) in [5.41, 5.74) is 0.907. The molecule has 0 spiro atoms. The zero-order valence-electron chi connectivity index (χ0n) is 15.0. The normalized spacial score (nSPS) is 16.9. The Labute approximate surface area is 149 Å². The predicted octanol–water partition coefficient (Wildman–Crippen LogP) is 2.61. The van der Waals surface area contributed by atoms with E-state index in [0.717, 1.165) is 30.8 Å². The number of rotatable bonds is 5. The predicted molar refractivity (Wildman–Crippen MR) is 96.2 cm³/mol. The first-order chi connectivity index (χ1) is 11.9. The molecule has 2 aromatic rings. The summed E-state index contributed by atoms with van der Waals surface area (Å²) in [4.78, 5) is 4.51. The number of sulfonamides is 1. The molecule has 1 aliphatic heterocycles. The van der Waals surface area contributed by atoms with Gasteiger partial charge in [-0.05, 0) is 50.3 Å². The van der Waals surface area contributed by atoms with E-state index in [-0.39, 0.29) is 4.90 Å². The van der Waals surface area contributed by atoms with Crippen molar-refractivity contribution in [2.24, 2.45) is 5.92 Å². The maximum atomic E-state index is 13.0. The van der Waals surface area contributed by atoms with Crippen LogP contribution in [0.15, 0.2) is 35.5 Å². The monoisotopic (exact) mass is 363 g/mol. The van der Waals surface area contributed by atoms with E-state index >= 15 is 0 Å². The summed E-state index contributed by atoms with van der Waals surface area (Å²) in [5.74, 6) is 1.88. The highest BCUT2D eigenvalue weighted by Crippen LogP contribution is 2.30. The molecule has 3 rings (SSSR count). The Bertz CT molecular complexity index is 837. The van der Waals surface area contributed by atoms with Gasteiger partial charge in [0.2, 0.25) is 10.0 Å². The van der Waals surface area contributed by atoms with Gasteiger partial charge in [-0.1, -0.05) is 6.07 Å². The van der Waals surface area contributed by atoms with Crippen LogP contribution in [0.25, 0.3) is 0 Å². The SMILES string of the molecule is COc1ccc(C)cc1S(=O)(=O)N1CCC(Cn2ccnc2C)CC1. The molecule has 2 heterocycles. The summed E-state index contributed by atoms with van der Waals surface area (Å²) in [6.45, 7) is 5.85. The minimum Gasteiger partial charge on any atom is -0.495 e. The number of aromatic nitrogens is 2. The highest BCUT2D eigenvalue weighted by Gasteiger charge is 2.31. The second-order valence-electron chi connectivity index (χ2n) is 6.63. The summed E-state index contributed by atoms with van der Waals surface area (Å²) in [6.07, 6.45) is 5.49. The van der Waals surface area contributed by atoms with Gasteiger partial charge in [0.1, 0.15) is 16.5 Å². The summed E-state index contributed by atoms with van der Waals surface area (Å²) >= 11 is 0. The van der Waals surface area contributed by atoms with Crippen molar-refractivity contribution in [2.75, 3.05) is 20.2 Å². The van der Waals surface area contributed by atoms with Crippen molar-refractivity contribution in [3.05, 3.63) is 42.0 Å². The van der Waals surface area contributed by atoms with Crippen LogP contribution < -0.4 is 4.74 Å². The summed E-state index contributed by atoms with van der Waals surface area (Å²) < 4.78 is 35.0. The second kappa shape index (κ2) is 7.17. The van der Waals surface area contributed by atoms with E-state index < -0.39 is 10.0 Å². The Hall–Kier alpha value is -1.86. The Morgan fingerprint density at radius 2 is 1.96 bits per heavy atom. The molecule has 0 atom stereocenters. The molecule has 0 saturated carbocycles. The van der Waals surface area contributed by atoms with Crippen molar-refractivity contribution >= 4 is 10.0 Å². The number of imidazole rings is 1. The fraction of sp³-hybridized carbons (Fsp3) is 0.500. The van der Waals surface area contributed by atoms with E-state index in [1.165, 1.54) is 7.11 Å². The number of aryl methyl sites for hydroxylation is 2. The maximum Gasteiger partial charge on any atom is 0.246 e. The van der Waals surface area contributed by atoms with Gasteiger partial charge in [0.25, 0.3) is 0 Å². The van der Waals surface area contributed by atoms with Gasteiger partial charge in [-0.25, -0.2) is 13.4 Å². The molecule has 0 unspecified atom stereocenters. The van der Waals surface area contributed by atoms with Crippen LogP contribution in [-0.4, -0.2) is 42.5 Å². The van der Waals surface area contributed by atoms with Crippen LogP contribution in [0, 0.1) is 19.8 Å². The number of ether oxygens (including phenoxy) is 1. The third-order valence-electron chi connectivity index (χ3n) is 4.89. The molecule has 0 amide bonds. The highest BCUT2D eigenvalue weighted by atomic mass is 32.2. The lowest BCUT2D eigenvalue weighted by atomic mass is 9.98. The van der Waals surface area contributed by atoms with E-state index in [9.17, 15) is 8.42 Å². The van der Waals surface area contributed by atoms with Gasteiger partial charge in [0, 0.05) is 32.0 Å². The number of hydrogen-bond donors (Lipinski definition) is 0. The second-order valence-corrected chi connectivity index (χ2v) is 8.53. The Morgan fingerprint density at radius 1 is 1.24 bits per heavy atom. The fourth-order valence-electron chi connectivity index (χ4n) is 3.33. The summed E-state index contributed by atoms with van der Waals surface area (Å²) in [5, 5.41) is 0. The van der Waals surface area contributed by atoms with Gasteiger partial charge in [0.15, 0.2) is 0 Å². The van der Waals surface area contributed by atoms with E-state index in [1.807, 2.05) is 26.1 Å². The van der Waals surface area contributed by atoms with Crippen molar-refractivity contribution in [3.8, 4) is 5.75 Å². The number of hydrogen-bond acceptors (Lipinski definition) is 4. The largest absolute Gasteiger partial charge is 0.495 e. The molecule has 7 heteroatoms. The molecule has 0 bridgehead atoms. The van der Waals surface area contributed by atoms with Crippen molar-refractivity contribution in [3.63, 3.8) is 0 Å². The molecule has 1 fully saturated rings. The van der Waals surface area contributed by atoms with Gasteiger partial charge in [-0.3, -0.25) is 0 Å². The standard InChI is InChI=1S/C18H25N3O3S/c1-14-4-5-17(24-3)18(12-14)25(22,23)21-9-6-16(7-10-21)13-20-11-8-19-15(20)2/h4-5,8,11-12,16H,6-7,9-10,13H2,1-3H3. The maximum absolute atomic E-state index is 13.0. The molecular formula is C18H25N3O3S. The van der Waals surface area contributed by atoms with Crippen LogP contribution in [-0.2, 0) is 16.6 Å².